The summed E-state index contributed by atoms with van der Waals surface area (Å²) in [4.78, 5) is 11.1. The molecule has 1 atom stereocenters. The van der Waals surface area contributed by atoms with E-state index in [1.807, 2.05) is 12.1 Å². The first-order chi connectivity index (χ1) is 7.95. The van der Waals surface area contributed by atoms with E-state index in [4.69, 9.17) is 5.11 Å². The Morgan fingerprint density at radius 3 is 2.71 bits per heavy atom. The molecule has 0 heterocycles. The molecule has 92 valence electrons. The highest BCUT2D eigenvalue weighted by molar-refractivity contribution is 5.88. The topological polar surface area (TPSA) is 37.3 Å². The minimum atomic E-state index is -0.829. The first-order valence-corrected chi connectivity index (χ1v) is 6.32. The van der Waals surface area contributed by atoms with Gasteiger partial charge in [-0.05, 0) is 53.9 Å². The zero-order chi connectivity index (χ0) is 12.6. The Morgan fingerprint density at radius 1 is 1.41 bits per heavy atom. The summed E-state index contributed by atoms with van der Waals surface area (Å²) >= 11 is 0. The highest BCUT2D eigenvalue weighted by Gasteiger charge is 2.35. The van der Waals surface area contributed by atoms with Crippen molar-refractivity contribution in [3.63, 3.8) is 0 Å². The number of carboxylic acid groups (broad SMARTS) is 1. The van der Waals surface area contributed by atoms with Crippen molar-refractivity contribution < 1.29 is 9.90 Å². The van der Waals surface area contributed by atoms with Crippen LogP contribution in [0.3, 0.4) is 0 Å². The van der Waals surface area contributed by atoms with E-state index in [9.17, 15) is 4.79 Å². The molecule has 0 aromatic heterocycles. The van der Waals surface area contributed by atoms with Crippen molar-refractivity contribution in [3.8, 4) is 0 Å². The highest BCUT2D eigenvalue weighted by Crippen LogP contribution is 2.42. The summed E-state index contributed by atoms with van der Waals surface area (Å²) in [5, 5.41) is 9.10. The number of benzene rings is 1. The maximum atomic E-state index is 11.1. The van der Waals surface area contributed by atoms with Crippen LogP contribution in [0.5, 0.6) is 0 Å². The molecule has 2 nitrogen and oxygen atoms in total. The summed E-state index contributed by atoms with van der Waals surface area (Å²) in [6, 6.07) is 5.61. The Balaban J connectivity index is 2.55. The number of carboxylic acids is 1. The van der Waals surface area contributed by atoms with E-state index in [1.165, 1.54) is 17.5 Å². The number of hydrogen-bond donors (Lipinski definition) is 1. The normalized spacial score (nSPS) is 23.5. The van der Waals surface area contributed by atoms with Gasteiger partial charge in [0.05, 0.1) is 5.56 Å². The van der Waals surface area contributed by atoms with E-state index >= 15 is 0 Å². The van der Waals surface area contributed by atoms with Crippen LogP contribution in [0.15, 0.2) is 18.2 Å². The average molecular weight is 232 g/mol. The molecule has 0 spiro atoms. The third-order valence-electron chi connectivity index (χ3n) is 4.39. The molecule has 1 N–H and O–H groups in total. The molecule has 17 heavy (non-hydrogen) atoms. The molecule has 1 aliphatic carbocycles. The minimum absolute atomic E-state index is 0.124. The largest absolute Gasteiger partial charge is 0.478 e. The molecule has 0 fully saturated rings. The van der Waals surface area contributed by atoms with Crippen molar-refractivity contribution in [2.24, 2.45) is 5.92 Å². The van der Waals surface area contributed by atoms with E-state index in [-0.39, 0.29) is 5.41 Å². The molecule has 1 unspecified atom stereocenters. The molecule has 0 aliphatic heterocycles. The summed E-state index contributed by atoms with van der Waals surface area (Å²) in [6.07, 6.45) is 3.44. The second-order valence-corrected chi connectivity index (χ2v) is 5.60. The first kappa shape index (κ1) is 12.2. The first-order valence-electron chi connectivity index (χ1n) is 6.32. The van der Waals surface area contributed by atoms with E-state index in [0.29, 0.717) is 11.5 Å². The zero-order valence-corrected chi connectivity index (χ0v) is 10.8. The van der Waals surface area contributed by atoms with Crippen LogP contribution in [0.25, 0.3) is 0 Å². The maximum Gasteiger partial charge on any atom is 0.335 e. The average Bonchev–Trinajstić information content (AvgIpc) is 2.28. The third-order valence-corrected chi connectivity index (χ3v) is 4.39. The van der Waals surface area contributed by atoms with Gasteiger partial charge in [0.25, 0.3) is 0 Å². The Labute approximate surface area is 103 Å². The Morgan fingerprint density at radius 2 is 2.12 bits per heavy atom. The summed E-state index contributed by atoms with van der Waals surface area (Å²) in [6.45, 7) is 6.71. The maximum absolute atomic E-state index is 11.1. The molecular weight excluding hydrogens is 212 g/mol. The number of hydrogen-bond acceptors (Lipinski definition) is 1. The number of carbonyl (C=O) groups is 1. The van der Waals surface area contributed by atoms with E-state index < -0.39 is 5.97 Å². The smallest absolute Gasteiger partial charge is 0.335 e. The van der Waals surface area contributed by atoms with Gasteiger partial charge in [-0.15, -0.1) is 0 Å². The fourth-order valence-electron chi connectivity index (χ4n) is 2.84. The molecule has 0 radical (unpaired) electrons. The second-order valence-electron chi connectivity index (χ2n) is 5.60. The Hall–Kier alpha value is -1.31. The van der Waals surface area contributed by atoms with Crippen LogP contribution in [-0.4, -0.2) is 11.1 Å². The predicted molar refractivity (Wildman–Crippen MR) is 68.5 cm³/mol. The van der Waals surface area contributed by atoms with Gasteiger partial charge < -0.3 is 5.11 Å². The molecule has 1 aromatic rings. The minimum Gasteiger partial charge on any atom is -0.478 e. The van der Waals surface area contributed by atoms with Crippen molar-refractivity contribution in [1.82, 2.24) is 0 Å². The van der Waals surface area contributed by atoms with Crippen LogP contribution in [0.2, 0.25) is 0 Å². The molecule has 1 aromatic carbocycles. The Kier molecular flexibility index (Phi) is 2.98. The monoisotopic (exact) mass is 232 g/mol. The van der Waals surface area contributed by atoms with Gasteiger partial charge in [-0.3, -0.25) is 0 Å². The van der Waals surface area contributed by atoms with Gasteiger partial charge in [0.2, 0.25) is 0 Å². The van der Waals surface area contributed by atoms with Crippen molar-refractivity contribution >= 4 is 5.97 Å². The van der Waals surface area contributed by atoms with E-state index in [2.05, 4.69) is 20.8 Å². The van der Waals surface area contributed by atoms with Crippen LogP contribution in [-0.2, 0) is 11.8 Å². The SMILES string of the molecule is CC(C)C1(C)CCCc2ccc(C(=O)O)cc21. The van der Waals surface area contributed by atoms with Gasteiger partial charge in [0.1, 0.15) is 0 Å². The number of fused-ring (bicyclic) bond motifs is 1. The lowest BCUT2D eigenvalue weighted by molar-refractivity contribution is 0.0696. The van der Waals surface area contributed by atoms with Crippen molar-refractivity contribution in [2.75, 3.05) is 0 Å². The van der Waals surface area contributed by atoms with Gasteiger partial charge in [-0.2, -0.15) is 0 Å². The quantitative estimate of drug-likeness (QED) is 0.845. The van der Waals surface area contributed by atoms with Gasteiger partial charge in [-0.1, -0.05) is 26.8 Å². The van der Waals surface area contributed by atoms with Gasteiger partial charge in [-0.25, -0.2) is 4.79 Å². The summed E-state index contributed by atoms with van der Waals surface area (Å²) in [7, 11) is 0. The molecular formula is C15H20O2. The van der Waals surface area contributed by atoms with Crippen LogP contribution < -0.4 is 0 Å². The third kappa shape index (κ3) is 1.97. The van der Waals surface area contributed by atoms with Crippen LogP contribution in [0, 0.1) is 5.92 Å². The van der Waals surface area contributed by atoms with Crippen LogP contribution in [0.1, 0.15) is 55.1 Å². The molecule has 2 rings (SSSR count). The van der Waals surface area contributed by atoms with Crippen molar-refractivity contribution in [2.45, 2.75) is 45.4 Å². The highest BCUT2D eigenvalue weighted by atomic mass is 16.4. The second kappa shape index (κ2) is 4.17. The molecule has 0 amide bonds. The molecule has 1 aliphatic rings. The van der Waals surface area contributed by atoms with Gasteiger partial charge >= 0.3 is 5.97 Å². The summed E-state index contributed by atoms with van der Waals surface area (Å²) in [5.74, 6) is -0.296. The zero-order valence-electron chi connectivity index (χ0n) is 10.8. The summed E-state index contributed by atoms with van der Waals surface area (Å²) < 4.78 is 0. The number of aryl methyl sites for hydroxylation is 1. The van der Waals surface area contributed by atoms with E-state index in [1.54, 1.807) is 6.07 Å². The van der Waals surface area contributed by atoms with Crippen molar-refractivity contribution in [1.29, 1.82) is 0 Å². The molecule has 0 saturated carbocycles. The lowest BCUT2D eigenvalue weighted by atomic mass is 9.65. The van der Waals surface area contributed by atoms with Gasteiger partial charge in [0, 0.05) is 0 Å². The molecule has 0 bridgehead atoms. The molecule has 0 saturated heterocycles. The van der Waals surface area contributed by atoms with Crippen LogP contribution >= 0.6 is 0 Å². The van der Waals surface area contributed by atoms with Gasteiger partial charge in [0.15, 0.2) is 0 Å². The number of rotatable bonds is 2. The van der Waals surface area contributed by atoms with Crippen molar-refractivity contribution in [3.05, 3.63) is 34.9 Å². The predicted octanol–water partition coefficient (Wildman–Crippen LogP) is 3.63. The lowest BCUT2D eigenvalue weighted by Gasteiger charge is -2.39. The van der Waals surface area contributed by atoms with E-state index in [0.717, 1.165) is 12.8 Å². The molecule has 2 heteroatoms. The fraction of sp³-hybridized carbons (Fsp3) is 0.533. The van der Waals surface area contributed by atoms with Crippen LogP contribution in [0.4, 0.5) is 0 Å². The standard InChI is InChI=1S/C15H20O2/c1-10(2)15(3)8-4-5-11-6-7-12(14(16)17)9-13(11)15/h6-7,9-10H,4-5,8H2,1-3H3,(H,16,17). The summed E-state index contributed by atoms with van der Waals surface area (Å²) in [5.41, 5.74) is 3.12. The number of aromatic carboxylic acids is 1. The lowest BCUT2D eigenvalue weighted by Crippen LogP contribution is -2.33. The fourth-order valence-corrected chi connectivity index (χ4v) is 2.84. The Bertz CT molecular complexity index is 448.